The van der Waals surface area contributed by atoms with Crippen LogP contribution < -0.4 is 14.8 Å². The van der Waals surface area contributed by atoms with Gasteiger partial charge in [-0.2, -0.15) is 0 Å². The third-order valence-corrected chi connectivity index (χ3v) is 5.16. The lowest BCUT2D eigenvalue weighted by atomic mass is 10.1. The number of carbonyl (C=O) groups is 2. The summed E-state index contributed by atoms with van der Waals surface area (Å²) < 4.78 is 16.6. The topological polar surface area (TPSA) is 81.0 Å². The Morgan fingerprint density at radius 3 is 2.68 bits per heavy atom. The normalized spacial score (nSPS) is 12.3. The highest BCUT2D eigenvalue weighted by Gasteiger charge is 2.21. The summed E-state index contributed by atoms with van der Waals surface area (Å²) in [6.45, 7) is 5.72. The maximum absolute atomic E-state index is 13.2. The first-order valence-corrected chi connectivity index (χ1v) is 10.2. The molecule has 0 aliphatic carbocycles. The van der Waals surface area contributed by atoms with Crippen LogP contribution >= 0.6 is 0 Å². The van der Waals surface area contributed by atoms with Gasteiger partial charge in [0.1, 0.15) is 13.2 Å². The molecule has 7 nitrogen and oxygen atoms in total. The van der Waals surface area contributed by atoms with Gasteiger partial charge in [-0.25, -0.2) is 0 Å². The number of hydrogen-bond acceptors (Lipinski definition) is 5. The van der Waals surface area contributed by atoms with Gasteiger partial charge < -0.3 is 24.1 Å². The maximum atomic E-state index is 13.2. The average molecular weight is 420 g/mol. The van der Waals surface area contributed by atoms with Gasteiger partial charge in [0.15, 0.2) is 17.3 Å². The Hall–Kier alpha value is -3.74. The van der Waals surface area contributed by atoms with E-state index in [1.165, 1.54) is 6.26 Å². The smallest absolute Gasteiger partial charge is 0.291 e. The van der Waals surface area contributed by atoms with Gasteiger partial charge in [-0.3, -0.25) is 9.59 Å². The van der Waals surface area contributed by atoms with Crippen LogP contribution in [0.4, 0.5) is 5.69 Å². The molecule has 1 N–H and O–H groups in total. The van der Waals surface area contributed by atoms with Gasteiger partial charge in [-0.05, 0) is 49.7 Å². The minimum absolute atomic E-state index is 0.134. The third-order valence-electron chi connectivity index (χ3n) is 5.16. The number of aryl methyl sites for hydroxylation is 1. The molecule has 2 aromatic carbocycles. The highest BCUT2D eigenvalue weighted by Crippen LogP contribution is 2.34. The zero-order valence-corrected chi connectivity index (χ0v) is 17.5. The number of carbonyl (C=O) groups excluding carboxylic acids is 2. The van der Waals surface area contributed by atoms with Crippen molar-refractivity contribution in [3.05, 3.63) is 77.2 Å². The fourth-order valence-corrected chi connectivity index (χ4v) is 3.46. The van der Waals surface area contributed by atoms with Gasteiger partial charge in [0, 0.05) is 29.9 Å². The van der Waals surface area contributed by atoms with Gasteiger partial charge in [0.25, 0.3) is 11.8 Å². The molecule has 4 rings (SSSR count). The monoisotopic (exact) mass is 420 g/mol. The summed E-state index contributed by atoms with van der Waals surface area (Å²) in [5.41, 5.74) is 2.80. The van der Waals surface area contributed by atoms with Crippen LogP contribution in [-0.2, 0) is 6.54 Å². The van der Waals surface area contributed by atoms with E-state index in [1.807, 2.05) is 38.1 Å². The van der Waals surface area contributed by atoms with Crippen molar-refractivity contribution in [2.24, 2.45) is 0 Å². The third kappa shape index (κ3) is 4.40. The second kappa shape index (κ2) is 8.95. The Labute approximate surface area is 180 Å². The Kier molecular flexibility index (Phi) is 5.93. The Morgan fingerprint density at radius 2 is 1.90 bits per heavy atom. The van der Waals surface area contributed by atoms with Gasteiger partial charge in [-0.15, -0.1) is 0 Å². The number of anilines is 1. The van der Waals surface area contributed by atoms with E-state index in [-0.39, 0.29) is 17.6 Å². The van der Waals surface area contributed by atoms with E-state index in [1.54, 1.807) is 29.2 Å². The lowest BCUT2D eigenvalue weighted by Crippen LogP contribution is -2.31. The summed E-state index contributed by atoms with van der Waals surface area (Å²) >= 11 is 0. The summed E-state index contributed by atoms with van der Waals surface area (Å²) in [4.78, 5) is 27.3. The van der Waals surface area contributed by atoms with Crippen molar-refractivity contribution in [3.8, 4) is 11.5 Å². The summed E-state index contributed by atoms with van der Waals surface area (Å²) in [5, 5.41) is 2.82. The largest absolute Gasteiger partial charge is 0.486 e. The van der Waals surface area contributed by atoms with E-state index < -0.39 is 0 Å². The van der Waals surface area contributed by atoms with Crippen molar-refractivity contribution < 1.29 is 23.5 Å². The lowest BCUT2D eigenvalue weighted by molar-refractivity contribution is 0.0748. The van der Waals surface area contributed by atoms with Gasteiger partial charge in [0.2, 0.25) is 0 Å². The van der Waals surface area contributed by atoms with Crippen LogP contribution in [0.2, 0.25) is 0 Å². The number of hydrogen-bond donors (Lipinski definition) is 1. The molecular weight excluding hydrogens is 396 g/mol. The standard InChI is InChI=1S/C24H24N2O5/c1-3-26(15-18-6-4-7-20-22(18)31-13-12-30-20)24(28)17-10-9-16(2)19(14-17)25-23(27)21-8-5-11-29-21/h4-11,14H,3,12-13,15H2,1-2H3,(H,25,27). The number of nitrogens with zero attached hydrogens (tertiary/aromatic N) is 1. The molecule has 31 heavy (non-hydrogen) atoms. The molecule has 0 atom stereocenters. The first kappa shape index (κ1) is 20.5. The summed E-state index contributed by atoms with van der Waals surface area (Å²) in [6, 6.07) is 14.2. The van der Waals surface area contributed by atoms with Crippen LogP contribution in [0.3, 0.4) is 0 Å². The van der Waals surface area contributed by atoms with Crippen molar-refractivity contribution in [3.63, 3.8) is 0 Å². The number of furan rings is 1. The van der Waals surface area contributed by atoms with Crippen molar-refractivity contribution in [2.75, 3.05) is 25.1 Å². The molecule has 0 bridgehead atoms. The minimum Gasteiger partial charge on any atom is -0.486 e. The van der Waals surface area contributed by atoms with E-state index in [4.69, 9.17) is 13.9 Å². The molecule has 0 fully saturated rings. The molecule has 1 aliphatic rings. The number of benzene rings is 2. The van der Waals surface area contributed by atoms with Crippen LogP contribution in [0, 0.1) is 6.92 Å². The number of nitrogens with one attached hydrogen (secondary N) is 1. The molecule has 0 saturated heterocycles. The predicted octanol–water partition coefficient (Wildman–Crippen LogP) is 4.27. The van der Waals surface area contributed by atoms with Crippen molar-refractivity contribution >= 4 is 17.5 Å². The van der Waals surface area contributed by atoms with Crippen LogP contribution in [0.5, 0.6) is 11.5 Å². The summed E-state index contributed by atoms with van der Waals surface area (Å²) in [6.07, 6.45) is 1.44. The number of ether oxygens (including phenoxy) is 2. The molecule has 1 aromatic heterocycles. The molecule has 7 heteroatoms. The molecule has 0 unspecified atom stereocenters. The molecule has 160 valence electrons. The highest BCUT2D eigenvalue weighted by molar-refractivity contribution is 6.04. The van der Waals surface area contributed by atoms with E-state index in [9.17, 15) is 9.59 Å². The Morgan fingerprint density at radius 1 is 1.06 bits per heavy atom. The molecule has 0 radical (unpaired) electrons. The number of amides is 2. The van der Waals surface area contributed by atoms with Crippen LogP contribution in [-0.4, -0.2) is 36.5 Å². The Balaban J connectivity index is 1.54. The van der Waals surface area contributed by atoms with Crippen LogP contribution in [0.15, 0.2) is 59.2 Å². The van der Waals surface area contributed by atoms with E-state index >= 15 is 0 Å². The van der Waals surface area contributed by atoms with E-state index in [0.29, 0.717) is 49.1 Å². The molecule has 3 aromatic rings. The van der Waals surface area contributed by atoms with Gasteiger partial charge >= 0.3 is 0 Å². The molecule has 1 aliphatic heterocycles. The predicted molar refractivity (Wildman–Crippen MR) is 116 cm³/mol. The molecule has 0 saturated carbocycles. The second-order valence-corrected chi connectivity index (χ2v) is 7.22. The number of fused-ring (bicyclic) bond motifs is 1. The van der Waals surface area contributed by atoms with Crippen molar-refractivity contribution in [1.82, 2.24) is 4.90 Å². The molecule has 2 amide bonds. The quantitative estimate of drug-likeness (QED) is 0.644. The molecule has 0 spiro atoms. The van der Waals surface area contributed by atoms with Gasteiger partial charge in [-0.1, -0.05) is 18.2 Å². The maximum Gasteiger partial charge on any atom is 0.291 e. The molecular formula is C24H24N2O5. The van der Waals surface area contributed by atoms with Crippen LogP contribution in [0.1, 0.15) is 39.0 Å². The second-order valence-electron chi connectivity index (χ2n) is 7.22. The molecule has 2 heterocycles. The fourth-order valence-electron chi connectivity index (χ4n) is 3.46. The van der Waals surface area contributed by atoms with E-state index in [2.05, 4.69) is 5.32 Å². The van der Waals surface area contributed by atoms with Crippen molar-refractivity contribution in [2.45, 2.75) is 20.4 Å². The zero-order valence-electron chi connectivity index (χ0n) is 17.5. The number of rotatable bonds is 6. The van der Waals surface area contributed by atoms with Crippen LogP contribution in [0.25, 0.3) is 0 Å². The van der Waals surface area contributed by atoms with E-state index in [0.717, 1.165) is 11.1 Å². The van der Waals surface area contributed by atoms with Gasteiger partial charge in [0.05, 0.1) is 6.26 Å². The summed E-state index contributed by atoms with van der Waals surface area (Å²) in [5.74, 6) is 1.10. The summed E-state index contributed by atoms with van der Waals surface area (Å²) in [7, 11) is 0. The number of para-hydroxylation sites is 1. The lowest BCUT2D eigenvalue weighted by Gasteiger charge is -2.25. The van der Waals surface area contributed by atoms with Crippen molar-refractivity contribution in [1.29, 1.82) is 0 Å². The fraction of sp³-hybridized carbons (Fsp3) is 0.250. The average Bonchev–Trinajstić information content (AvgIpc) is 3.34. The SMILES string of the molecule is CCN(Cc1cccc2c1OCCO2)C(=O)c1ccc(C)c(NC(=O)c2ccco2)c1. The highest BCUT2D eigenvalue weighted by atomic mass is 16.6. The zero-order chi connectivity index (χ0) is 21.8. The first-order chi connectivity index (χ1) is 15.1. The Bertz CT molecular complexity index is 1090. The minimum atomic E-state index is -0.363. The first-order valence-electron chi connectivity index (χ1n) is 10.2.